The fourth-order valence-corrected chi connectivity index (χ4v) is 1.26. The van der Waals surface area contributed by atoms with E-state index in [9.17, 15) is 35.9 Å². The largest absolute Gasteiger partial charge is 0.416 e. The number of ether oxygens (including phenoxy) is 1. The molecule has 0 aliphatic heterocycles. The van der Waals surface area contributed by atoms with Crippen LogP contribution in [0.3, 0.4) is 0 Å². The summed E-state index contributed by atoms with van der Waals surface area (Å²) in [5.41, 5.74) is -4.34. The summed E-state index contributed by atoms with van der Waals surface area (Å²) in [7, 11) is 0. The van der Waals surface area contributed by atoms with Crippen molar-refractivity contribution in [3.8, 4) is 0 Å². The lowest BCUT2D eigenvalue weighted by Gasteiger charge is -2.13. The molecule has 0 heterocycles. The lowest BCUT2D eigenvalue weighted by Crippen LogP contribution is -2.15. The van der Waals surface area contributed by atoms with Gasteiger partial charge in [-0.3, -0.25) is 4.79 Å². The molecule has 0 unspecified atom stereocenters. The third-order valence-electron chi connectivity index (χ3n) is 2.06. The lowest BCUT2D eigenvalue weighted by molar-refractivity contribution is -0.143. The number of carbonyl (C=O) groups excluding carboxylic acids is 2. The molecule has 110 valence electrons. The Kier molecular flexibility index (Phi) is 4.11. The van der Waals surface area contributed by atoms with E-state index in [-0.39, 0.29) is 18.2 Å². The molecule has 0 bridgehead atoms. The molecule has 0 spiro atoms. The van der Waals surface area contributed by atoms with Crippen molar-refractivity contribution in [1.82, 2.24) is 0 Å². The quantitative estimate of drug-likeness (QED) is 0.453. The molecular formula is C11H6F6O3. The SMILES string of the molecule is CC(=O)OC(=O)c1cc(C(F)(F)F)cc(C(F)(F)F)c1. The Hall–Kier alpha value is -2.06. The zero-order valence-electron chi connectivity index (χ0n) is 9.72. The summed E-state index contributed by atoms with van der Waals surface area (Å²) in [5.74, 6) is -2.74. The molecule has 0 fully saturated rings. The average Bonchev–Trinajstić information content (AvgIpc) is 2.25. The predicted molar refractivity (Wildman–Crippen MR) is 52.5 cm³/mol. The van der Waals surface area contributed by atoms with Crippen LogP contribution in [0.5, 0.6) is 0 Å². The van der Waals surface area contributed by atoms with E-state index in [1.807, 2.05) is 0 Å². The number of alkyl halides is 6. The molecule has 1 aromatic rings. The van der Waals surface area contributed by atoms with E-state index in [1.165, 1.54) is 0 Å². The second kappa shape index (κ2) is 5.14. The molecule has 0 atom stereocenters. The van der Waals surface area contributed by atoms with Gasteiger partial charge < -0.3 is 4.74 Å². The van der Waals surface area contributed by atoms with E-state index in [0.717, 1.165) is 6.92 Å². The Morgan fingerprint density at radius 1 is 0.900 bits per heavy atom. The number of rotatable bonds is 1. The first kappa shape index (κ1) is 16.0. The lowest BCUT2D eigenvalue weighted by atomic mass is 10.0. The van der Waals surface area contributed by atoms with E-state index in [1.54, 1.807) is 0 Å². The van der Waals surface area contributed by atoms with Crippen LogP contribution in [-0.2, 0) is 21.9 Å². The summed E-state index contributed by atoms with van der Waals surface area (Å²) in [6, 6.07) is 0.228. The molecule has 0 amide bonds. The van der Waals surface area contributed by atoms with Gasteiger partial charge in [0.05, 0.1) is 16.7 Å². The highest BCUT2D eigenvalue weighted by Crippen LogP contribution is 2.36. The van der Waals surface area contributed by atoms with Gasteiger partial charge >= 0.3 is 24.3 Å². The number of halogens is 6. The van der Waals surface area contributed by atoms with Crippen LogP contribution in [-0.4, -0.2) is 11.9 Å². The molecule has 0 aromatic heterocycles. The summed E-state index contributed by atoms with van der Waals surface area (Å²) < 4.78 is 78.8. The minimum atomic E-state index is -5.08. The van der Waals surface area contributed by atoms with Crippen LogP contribution in [0.4, 0.5) is 26.3 Å². The van der Waals surface area contributed by atoms with Crippen molar-refractivity contribution in [2.24, 2.45) is 0 Å². The Morgan fingerprint density at radius 3 is 1.60 bits per heavy atom. The molecule has 9 heteroatoms. The molecule has 0 saturated carbocycles. The van der Waals surface area contributed by atoms with E-state index >= 15 is 0 Å². The van der Waals surface area contributed by atoms with Crippen molar-refractivity contribution in [3.05, 3.63) is 34.9 Å². The van der Waals surface area contributed by atoms with Gasteiger partial charge in [-0.15, -0.1) is 0 Å². The van der Waals surface area contributed by atoms with Gasteiger partial charge in [-0.1, -0.05) is 0 Å². The highest BCUT2D eigenvalue weighted by molar-refractivity contribution is 5.96. The van der Waals surface area contributed by atoms with Crippen molar-refractivity contribution < 1.29 is 40.7 Å². The van der Waals surface area contributed by atoms with Crippen LogP contribution in [0.2, 0.25) is 0 Å². The highest BCUT2D eigenvalue weighted by atomic mass is 19.4. The maximum atomic E-state index is 12.5. The van der Waals surface area contributed by atoms with Crippen LogP contribution in [0.15, 0.2) is 18.2 Å². The molecule has 0 radical (unpaired) electrons. The fraction of sp³-hybridized carbons (Fsp3) is 0.273. The predicted octanol–water partition coefficient (Wildman–Crippen LogP) is 3.43. The molecule has 3 nitrogen and oxygen atoms in total. The fourth-order valence-electron chi connectivity index (χ4n) is 1.26. The normalized spacial score (nSPS) is 12.2. The number of carbonyl (C=O) groups is 2. The zero-order valence-corrected chi connectivity index (χ0v) is 9.72. The van der Waals surface area contributed by atoms with Gasteiger partial charge in [0, 0.05) is 6.92 Å². The third-order valence-corrected chi connectivity index (χ3v) is 2.06. The molecule has 20 heavy (non-hydrogen) atoms. The van der Waals surface area contributed by atoms with Crippen molar-refractivity contribution in [2.45, 2.75) is 19.3 Å². The first-order valence-corrected chi connectivity index (χ1v) is 4.93. The first-order valence-electron chi connectivity index (χ1n) is 4.93. The number of hydrogen-bond donors (Lipinski definition) is 0. The summed E-state index contributed by atoms with van der Waals surface area (Å²) in [6.07, 6.45) is -10.2. The van der Waals surface area contributed by atoms with Gasteiger partial charge in [0.15, 0.2) is 0 Å². The van der Waals surface area contributed by atoms with Crippen LogP contribution in [0.25, 0.3) is 0 Å². The molecule has 1 aromatic carbocycles. The molecule has 0 aliphatic carbocycles. The minimum absolute atomic E-state index is 0.134. The number of hydrogen-bond acceptors (Lipinski definition) is 3. The average molecular weight is 300 g/mol. The van der Waals surface area contributed by atoms with E-state index in [4.69, 9.17) is 0 Å². The van der Waals surface area contributed by atoms with Gasteiger partial charge in [0.1, 0.15) is 0 Å². The second-order valence-corrected chi connectivity index (χ2v) is 3.68. The van der Waals surface area contributed by atoms with Crippen LogP contribution >= 0.6 is 0 Å². The number of esters is 2. The maximum Gasteiger partial charge on any atom is 0.416 e. The topological polar surface area (TPSA) is 43.4 Å². The summed E-state index contributed by atoms with van der Waals surface area (Å²) in [6.45, 7) is 0.788. The van der Waals surface area contributed by atoms with Crippen molar-refractivity contribution in [1.29, 1.82) is 0 Å². The molecule has 0 aliphatic rings. The monoisotopic (exact) mass is 300 g/mol. The summed E-state index contributed by atoms with van der Waals surface area (Å²) >= 11 is 0. The van der Waals surface area contributed by atoms with Crippen LogP contribution < -0.4 is 0 Å². The van der Waals surface area contributed by atoms with Crippen LogP contribution in [0, 0.1) is 0 Å². The maximum absolute atomic E-state index is 12.5. The Bertz CT molecular complexity index is 512. The molecule has 0 N–H and O–H groups in total. The Labute approximate surface area is 108 Å². The third kappa shape index (κ3) is 3.97. The van der Waals surface area contributed by atoms with Gasteiger partial charge in [0.25, 0.3) is 0 Å². The Morgan fingerprint density at radius 2 is 1.30 bits per heavy atom. The Balaban J connectivity index is 3.38. The number of benzene rings is 1. The van der Waals surface area contributed by atoms with E-state index < -0.39 is 41.0 Å². The van der Waals surface area contributed by atoms with Crippen molar-refractivity contribution in [2.75, 3.05) is 0 Å². The van der Waals surface area contributed by atoms with E-state index in [0.29, 0.717) is 0 Å². The smallest absolute Gasteiger partial charge is 0.390 e. The standard InChI is InChI=1S/C11H6F6O3/c1-5(18)20-9(19)6-2-7(10(12,13)14)4-8(3-6)11(15,16)17/h2-4H,1H3. The van der Waals surface area contributed by atoms with Crippen molar-refractivity contribution in [3.63, 3.8) is 0 Å². The zero-order chi connectivity index (χ0) is 15.7. The molecule has 0 saturated heterocycles. The van der Waals surface area contributed by atoms with Crippen LogP contribution in [0.1, 0.15) is 28.4 Å². The van der Waals surface area contributed by atoms with Gasteiger partial charge in [-0.05, 0) is 18.2 Å². The highest BCUT2D eigenvalue weighted by Gasteiger charge is 2.37. The first-order chi connectivity index (χ1) is 8.91. The summed E-state index contributed by atoms with van der Waals surface area (Å²) in [4.78, 5) is 21.7. The van der Waals surface area contributed by atoms with E-state index in [2.05, 4.69) is 4.74 Å². The van der Waals surface area contributed by atoms with Gasteiger partial charge in [-0.25, -0.2) is 4.79 Å². The van der Waals surface area contributed by atoms with Crippen molar-refractivity contribution >= 4 is 11.9 Å². The second-order valence-electron chi connectivity index (χ2n) is 3.68. The van der Waals surface area contributed by atoms with Gasteiger partial charge in [0.2, 0.25) is 0 Å². The van der Waals surface area contributed by atoms with Gasteiger partial charge in [-0.2, -0.15) is 26.3 Å². The summed E-state index contributed by atoms with van der Waals surface area (Å²) in [5, 5.41) is 0. The molecular weight excluding hydrogens is 294 g/mol. The molecule has 1 rings (SSSR count). The minimum Gasteiger partial charge on any atom is -0.390 e.